The fraction of sp³-hybridized carbons (Fsp3) is 0. The lowest BCUT2D eigenvalue weighted by atomic mass is 10.2. The van der Waals surface area contributed by atoms with Crippen LogP contribution in [0.5, 0.6) is 0 Å². The van der Waals surface area contributed by atoms with E-state index < -0.39 is 4.92 Å². The van der Waals surface area contributed by atoms with Crippen molar-refractivity contribution in [2.75, 3.05) is 5.73 Å². The summed E-state index contributed by atoms with van der Waals surface area (Å²) in [5.41, 5.74) is 6.06. The highest BCUT2D eigenvalue weighted by Gasteiger charge is 2.18. The van der Waals surface area contributed by atoms with Crippen molar-refractivity contribution in [1.29, 1.82) is 0 Å². The second kappa shape index (κ2) is 3.11. The average Bonchev–Trinajstić information content (AvgIpc) is 2.56. The highest BCUT2D eigenvalue weighted by atomic mass is 35.5. The molecule has 0 aliphatic carbocycles. The van der Waals surface area contributed by atoms with Crippen LogP contribution in [0.3, 0.4) is 0 Å². The van der Waals surface area contributed by atoms with E-state index in [1.165, 1.54) is 16.7 Å². The highest BCUT2D eigenvalue weighted by molar-refractivity contribution is 7.18. The van der Waals surface area contributed by atoms with Crippen molar-refractivity contribution in [2.45, 2.75) is 0 Å². The number of nitrogen functional groups attached to an aromatic ring is 1. The van der Waals surface area contributed by atoms with Crippen LogP contribution < -0.4 is 5.73 Å². The summed E-state index contributed by atoms with van der Waals surface area (Å²) >= 11 is 7.11. The van der Waals surface area contributed by atoms with Gasteiger partial charge in [0.1, 0.15) is 0 Å². The van der Waals surface area contributed by atoms with Gasteiger partial charge >= 0.3 is 0 Å². The molecule has 0 saturated carbocycles. The lowest BCUT2D eigenvalue weighted by Gasteiger charge is -1.97. The molecule has 1 heterocycles. The maximum atomic E-state index is 10.7. The molecule has 2 aromatic rings. The molecule has 0 saturated heterocycles. The summed E-state index contributed by atoms with van der Waals surface area (Å²) in [6, 6.07) is 3.21. The van der Waals surface area contributed by atoms with Crippen LogP contribution in [-0.4, -0.2) is 4.92 Å². The lowest BCUT2D eigenvalue weighted by Crippen LogP contribution is -1.90. The van der Waals surface area contributed by atoms with Gasteiger partial charge in [-0.25, -0.2) is 0 Å². The Kier molecular flexibility index (Phi) is 2.05. The molecule has 0 aliphatic rings. The molecule has 0 amide bonds. The third-order valence-electron chi connectivity index (χ3n) is 1.88. The molecule has 6 heteroatoms. The van der Waals surface area contributed by atoms with Crippen LogP contribution in [0.15, 0.2) is 17.5 Å². The number of halogens is 1. The van der Waals surface area contributed by atoms with Gasteiger partial charge in [0.2, 0.25) is 0 Å². The van der Waals surface area contributed by atoms with Crippen LogP contribution in [0.1, 0.15) is 0 Å². The minimum absolute atomic E-state index is 0.0185. The second-order valence-corrected chi connectivity index (χ2v) is 4.01. The van der Waals surface area contributed by atoms with Crippen LogP contribution in [0.25, 0.3) is 10.1 Å². The molecular weight excluding hydrogens is 224 g/mol. The van der Waals surface area contributed by atoms with Gasteiger partial charge in [-0.1, -0.05) is 11.6 Å². The standard InChI is InChI=1S/C8H5ClN2O2S/c9-4-1-2-5(10)7-6(11(12)13)3-14-8(4)7/h1-3H,10H2. The van der Waals surface area contributed by atoms with Crippen LogP contribution in [0.2, 0.25) is 5.02 Å². The first kappa shape index (κ1) is 9.23. The summed E-state index contributed by atoms with van der Waals surface area (Å²) in [6.45, 7) is 0. The molecule has 0 fully saturated rings. The fourth-order valence-electron chi connectivity index (χ4n) is 1.26. The van der Waals surface area contributed by atoms with Gasteiger partial charge in [0, 0.05) is 5.69 Å². The second-order valence-electron chi connectivity index (χ2n) is 2.72. The van der Waals surface area contributed by atoms with Crippen LogP contribution in [-0.2, 0) is 0 Å². The van der Waals surface area contributed by atoms with Gasteiger partial charge in [-0.15, -0.1) is 11.3 Å². The molecule has 0 unspecified atom stereocenters. The SMILES string of the molecule is Nc1ccc(Cl)c2scc([N+](=O)[O-])c12. The number of nitrogens with two attached hydrogens (primary N) is 1. The number of hydrogen-bond acceptors (Lipinski definition) is 4. The van der Waals surface area contributed by atoms with Crippen molar-refractivity contribution in [3.63, 3.8) is 0 Å². The number of rotatable bonds is 1. The topological polar surface area (TPSA) is 69.2 Å². The predicted octanol–water partition coefficient (Wildman–Crippen LogP) is 3.05. The minimum Gasteiger partial charge on any atom is -0.398 e. The van der Waals surface area contributed by atoms with Gasteiger partial charge in [-0.2, -0.15) is 0 Å². The van der Waals surface area contributed by atoms with E-state index in [0.29, 0.717) is 20.8 Å². The highest BCUT2D eigenvalue weighted by Crippen LogP contribution is 2.39. The predicted molar refractivity (Wildman–Crippen MR) is 57.9 cm³/mol. The number of benzene rings is 1. The van der Waals surface area contributed by atoms with Gasteiger partial charge in [-0.3, -0.25) is 10.1 Å². The largest absolute Gasteiger partial charge is 0.398 e. The molecule has 14 heavy (non-hydrogen) atoms. The Balaban J connectivity index is 2.90. The van der Waals surface area contributed by atoms with Crippen LogP contribution in [0.4, 0.5) is 11.4 Å². The Morgan fingerprint density at radius 1 is 1.50 bits per heavy atom. The lowest BCUT2D eigenvalue weighted by molar-refractivity contribution is -0.382. The summed E-state index contributed by atoms with van der Waals surface area (Å²) in [4.78, 5) is 10.2. The molecular formula is C8H5ClN2O2S. The summed E-state index contributed by atoms with van der Waals surface area (Å²) in [7, 11) is 0. The Morgan fingerprint density at radius 3 is 2.86 bits per heavy atom. The van der Waals surface area contributed by atoms with Crippen molar-refractivity contribution in [1.82, 2.24) is 0 Å². The molecule has 0 spiro atoms. The Hall–Kier alpha value is -1.33. The van der Waals surface area contributed by atoms with E-state index in [1.54, 1.807) is 12.1 Å². The molecule has 0 radical (unpaired) electrons. The first-order chi connectivity index (χ1) is 6.61. The van der Waals surface area contributed by atoms with E-state index in [0.717, 1.165) is 0 Å². The van der Waals surface area contributed by atoms with E-state index in [1.807, 2.05) is 0 Å². The van der Waals surface area contributed by atoms with Crippen molar-refractivity contribution in [2.24, 2.45) is 0 Å². The minimum atomic E-state index is -0.453. The zero-order chi connectivity index (χ0) is 10.3. The van der Waals surface area contributed by atoms with Crippen molar-refractivity contribution in [3.05, 3.63) is 32.6 Å². The maximum Gasteiger partial charge on any atom is 0.289 e. The maximum absolute atomic E-state index is 10.7. The molecule has 0 aliphatic heterocycles. The average molecular weight is 229 g/mol. The van der Waals surface area contributed by atoms with Gasteiger partial charge < -0.3 is 5.73 Å². The van der Waals surface area contributed by atoms with Crippen LogP contribution >= 0.6 is 22.9 Å². The monoisotopic (exact) mass is 228 g/mol. The molecule has 2 N–H and O–H groups in total. The first-order valence-electron chi connectivity index (χ1n) is 3.71. The third kappa shape index (κ3) is 1.21. The molecule has 0 atom stereocenters. The molecule has 4 nitrogen and oxygen atoms in total. The van der Waals surface area contributed by atoms with Gasteiger partial charge in [0.15, 0.2) is 0 Å². The molecule has 0 bridgehead atoms. The first-order valence-corrected chi connectivity index (χ1v) is 4.96. The Bertz CT molecular complexity index is 523. The van der Waals surface area contributed by atoms with Gasteiger partial charge in [-0.05, 0) is 12.1 Å². The molecule has 1 aromatic heterocycles. The van der Waals surface area contributed by atoms with E-state index in [2.05, 4.69) is 0 Å². The molecule has 1 aromatic carbocycles. The smallest absolute Gasteiger partial charge is 0.289 e. The Morgan fingerprint density at radius 2 is 2.21 bits per heavy atom. The zero-order valence-electron chi connectivity index (χ0n) is 6.86. The van der Waals surface area contributed by atoms with Crippen molar-refractivity contribution < 1.29 is 4.92 Å². The number of hydrogen-bond donors (Lipinski definition) is 1. The quantitative estimate of drug-likeness (QED) is 0.463. The molecule has 72 valence electrons. The van der Waals surface area contributed by atoms with E-state index in [9.17, 15) is 10.1 Å². The van der Waals surface area contributed by atoms with Crippen LogP contribution in [0, 0.1) is 10.1 Å². The summed E-state index contributed by atoms with van der Waals surface area (Å²) in [6.07, 6.45) is 0. The zero-order valence-corrected chi connectivity index (χ0v) is 8.43. The number of thiophene rings is 1. The van der Waals surface area contributed by atoms with Crippen molar-refractivity contribution in [3.8, 4) is 0 Å². The van der Waals surface area contributed by atoms with E-state index in [-0.39, 0.29) is 5.69 Å². The number of anilines is 1. The third-order valence-corrected chi connectivity index (χ3v) is 3.31. The Labute approximate surface area is 88.0 Å². The van der Waals surface area contributed by atoms with Gasteiger partial charge in [0.05, 0.1) is 25.4 Å². The fourth-order valence-corrected chi connectivity index (χ4v) is 2.51. The number of fused-ring (bicyclic) bond motifs is 1. The van der Waals surface area contributed by atoms with E-state index in [4.69, 9.17) is 17.3 Å². The summed E-state index contributed by atoms with van der Waals surface area (Å²) < 4.78 is 0.665. The normalized spacial score (nSPS) is 10.6. The molecule has 2 rings (SSSR count). The summed E-state index contributed by atoms with van der Waals surface area (Å²) in [5.74, 6) is 0. The van der Waals surface area contributed by atoms with Crippen molar-refractivity contribution >= 4 is 44.4 Å². The number of nitrogens with zero attached hydrogens (tertiary/aromatic N) is 1. The van der Waals surface area contributed by atoms with E-state index >= 15 is 0 Å². The number of nitro groups is 1. The summed E-state index contributed by atoms with van der Waals surface area (Å²) in [5, 5.41) is 13.0. The van der Waals surface area contributed by atoms with Gasteiger partial charge in [0.25, 0.3) is 5.69 Å².